The first-order valence-electron chi connectivity index (χ1n) is 8.12. The molecule has 0 saturated carbocycles. The minimum absolute atomic E-state index is 0.101. The Hall–Kier alpha value is -2.37. The maximum absolute atomic E-state index is 12.4. The standard InChI is InChI=1S/C18H24N2O4/c1-10(2)16(18(23)24)19-17(22)13-8-15(21)20(9-13)14-7-5-6-11(3)12(14)4/h5-7,10,13,16H,8-9H2,1-4H3,(H,19,22)(H,23,24)/t13?,16-/m0/s1. The molecule has 1 aliphatic heterocycles. The molecule has 2 N–H and O–H groups in total. The highest BCUT2D eigenvalue weighted by Crippen LogP contribution is 2.29. The molecule has 6 heteroatoms. The number of carbonyl (C=O) groups excluding carboxylic acids is 2. The number of nitrogens with zero attached hydrogens (tertiary/aromatic N) is 1. The summed E-state index contributed by atoms with van der Waals surface area (Å²) >= 11 is 0. The summed E-state index contributed by atoms with van der Waals surface area (Å²) in [6.07, 6.45) is 0.101. The number of hydrogen-bond acceptors (Lipinski definition) is 3. The SMILES string of the molecule is Cc1cccc(N2CC(C(=O)N[C@H](C(=O)O)C(C)C)CC2=O)c1C. The predicted molar refractivity (Wildman–Crippen MR) is 90.8 cm³/mol. The van der Waals surface area contributed by atoms with Gasteiger partial charge in [-0.05, 0) is 37.0 Å². The van der Waals surface area contributed by atoms with E-state index in [1.54, 1.807) is 18.7 Å². The fourth-order valence-corrected chi connectivity index (χ4v) is 2.93. The summed E-state index contributed by atoms with van der Waals surface area (Å²) in [5.74, 6) is -2.30. The maximum Gasteiger partial charge on any atom is 0.326 e. The first-order valence-corrected chi connectivity index (χ1v) is 8.12. The Morgan fingerprint density at radius 3 is 2.54 bits per heavy atom. The fraction of sp³-hybridized carbons (Fsp3) is 0.500. The van der Waals surface area contributed by atoms with Crippen molar-refractivity contribution in [2.24, 2.45) is 11.8 Å². The molecular formula is C18H24N2O4. The molecule has 0 radical (unpaired) electrons. The van der Waals surface area contributed by atoms with Crippen molar-refractivity contribution in [3.63, 3.8) is 0 Å². The van der Waals surface area contributed by atoms with E-state index in [9.17, 15) is 19.5 Å². The summed E-state index contributed by atoms with van der Waals surface area (Å²) in [5, 5.41) is 11.8. The molecule has 2 atom stereocenters. The van der Waals surface area contributed by atoms with Crippen molar-refractivity contribution in [3.05, 3.63) is 29.3 Å². The topological polar surface area (TPSA) is 86.7 Å². The van der Waals surface area contributed by atoms with Crippen LogP contribution in [0.3, 0.4) is 0 Å². The third kappa shape index (κ3) is 3.58. The number of carbonyl (C=O) groups is 3. The summed E-state index contributed by atoms with van der Waals surface area (Å²) < 4.78 is 0. The molecule has 1 unspecified atom stereocenters. The van der Waals surface area contributed by atoms with E-state index in [-0.39, 0.29) is 30.7 Å². The number of aryl methyl sites for hydroxylation is 1. The van der Waals surface area contributed by atoms with Gasteiger partial charge in [-0.1, -0.05) is 26.0 Å². The van der Waals surface area contributed by atoms with Crippen LogP contribution in [-0.4, -0.2) is 35.5 Å². The van der Waals surface area contributed by atoms with Crippen LogP contribution in [0.15, 0.2) is 18.2 Å². The summed E-state index contributed by atoms with van der Waals surface area (Å²) in [6, 6.07) is 4.79. The number of aliphatic carboxylic acids is 1. The maximum atomic E-state index is 12.4. The Morgan fingerprint density at radius 2 is 1.96 bits per heavy atom. The number of amides is 2. The molecule has 6 nitrogen and oxygen atoms in total. The summed E-state index contributed by atoms with van der Waals surface area (Å²) in [4.78, 5) is 37.6. The van der Waals surface area contributed by atoms with Gasteiger partial charge in [0.05, 0.1) is 5.92 Å². The Kier molecular flexibility index (Phi) is 5.26. The summed E-state index contributed by atoms with van der Waals surface area (Å²) in [5.41, 5.74) is 2.91. The first kappa shape index (κ1) is 18.0. The lowest BCUT2D eigenvalue weighted by atomic mass is 10.0. The molecule has 24 heavy (non-hydrogen) atoms. The van der Waals surface area contributed by atoms with Gasteiger partial charge in [0.1, 0.15) is 6.04 Å². The van der Waals surface area contributed by atoms with Gasteiger partial charge in [0.15, 0.2) is 0 Å². The number of nitrogens with one attached hydrogen (secondary N) is 1. The van der Waals surface area contributed by atoms with Gasteiger partial charge in [0.25, 0.3) is 0 Å². The molecule has 2 amide bonds. The van der Waals surface area contributed by atoms with Gasteiger partial charge in [0, 0.05) is 18.7 Å². The lowest BCUT2D eigenvalue weighted by Crippen LogP contribution is -2.47. The van der Waals surface area contributed by atoms with E-state index < -0.39 is 17.9 Å². The number of hydrogen-bond donors (Lipinski definition) is 2. The molecule has 1 aliphatic rings. The highest BCUT2D eigenvalue weighted by molar-refractivity contribution is 6.01. The highest BCUT2D eigenvalue weighted by atomic mass is 16.4. The van der Waals surface area contributed by atoms with Crippen molar-refractivity contribution >= 4 is 23.5 Å². The van der Waals surface area contributed by atoms with Crippen LogP contribution < -0.4 is 10.2 Å². The summed E-state index contributed by atoms with van der Waals surface area (Å²) in [6.45, 7) is 7.68. The van der Waals surface area contributed by atoms with Crippen LogP contribution in [-0.2, 0) is 14.4 Å². The minimum Gasteiger partial charge on any atom is -0.480 e. The van der Waals surface area contributed by atoms with Gasteiger partial charge in [-0.15, -0.1) is 0 Å². The number of anilines is 1. The van der Waals surface area contributed by atoms with E-state index in [0.29, 0.717) is 0 Å². The van der Waals surface area contributed by atoms with Gasteiger partial charge in [-0.3, -0.25) is 9.59 Å². The van der Waals surface area contributed by atoms with Crippen molar-refractivity contribution in [1.82, 2.24) is 5.32 Å². The average Bonchev–Trinajstić information content (AvgIpc) is 2.88. The average molecular weight is 332 g/mol. The number of carboxylic acids is 1. The lowest BCUT2D eigenvalue weighted by molar-refractivity contribution is -0.143. The Balaban J connectivity index is 2.13. The Labute approximate surface area is 141 Å². The van der Waals surface area contributed by atoms with Crippen LogP contribution in [0.1, 0.15) is 31.4 Å². The van der Waals surface area contributed by atoms with Gasteiger partial charge >= 0.3 is 5.97 Å². The van der Waals surface area contributed by atoms with Gasteiger partial charge in [0.2, 0.25) is 11.8 Å². The van der Waals surface area contributed by atoms with Gasteiger partial charge in [-0.25, -0.2) is 4.79 Å². The third-order valence-electron chi connectivity index (χ3n) is 4.59. The first-order chi connectivity index (χ1) is 11.2. The Morgan fingerprint density at radius 1 is 1.29 bits per heavy atom. The van der Waals surface area contributed by atoms with Crippen molar-refractivity contribution in [2.45, 2.75) is 40.2 Å². The predicted octanol–water partition coefficient (Wildman–Crippen LogP) is 1.88. The number of benzene rings is 1. The lowest BCUT2D eigenvalue weighted by Gasteiger charge is -2.22. The molecule has 2 rings (SSSR count). The monoisotopic (exact) mass is 332 g/mol. The molecule has 1 saturated heterocycles. The minimum atomic E-state index is -1.06. The van der Waals surface area contributed by atoms with Crippen molar-refractivity contribution in [3.8, 4) is 0 Å². The second-order valence-electron chi connectivity index (χ2n) is 6.69. The quantitative estimate of drug-likeness (QED) is 0.862. The molecule has 0 bridgehead atoms. The van der Waals surface area contributed by atoms with Crippen LogP contribution in [0.25, 0.3) is 0 Å². The van der Waals surface area contributed by atoms with E-state index in [0.717, 1.165) is 16.8 Å². The zero-order valence-electron chi connectivity index (χ0n) is 14.5. The van der Waals surface area contributed by atoms with E-state index in [1.165, 1.54) is 0 Å². The van der Waals surface area contributed by atoms with Gasteiger partial charge in [-0.2, -0.15) is 0 Å². The van der Waals surface area contributed by atoms with Crippen molar-refractivity contribution < 1.29 is 19.5 Å². The molecular weight excluding hydrogens is 308 g/mol. The van der Waals surface area contributed by atoms with E-state index in [1.807, 2.05) is 32.0 Å². The number of rotatable bonds is 5. The molecule has 1 fully saturated rings. The third-order valence-corrected chi connectivity index (χ3v) is 4.59. The van der Waals surface area contributed by atoms with Crippen LogP contribution in [0.5, 0.6) is 0 Å². The largest absolute Gasteiger partial charge is 0.480 e. The van der Waals surface area contributed by atoms with Crippen LogP contribution in [0.2, 0.25) is 0 Å². The second kappa shape index (κ2) is 7.03. The van der Waals surface area contributed by atoms with Crippen molar-refractivity contribution in [1.29, 1.82) is 0 Å². The molecule has 1 aromatic carbocycles. The molecule has 0 aliphatic carbocycles. The van der Waals surface area contributed by atoms with E-state index in [2.05, 4.69) is 5.32 Å². The van der Waals surface area contributed by atoms with Crippen molar-refractivity contribution in [2.75, 3.05) is 11.4 Å². The van der Waals surface area contributed by atoms with Crippen LogP contribution in [0.4, 0.5) is 5.69 Å². The zero-order valence-corrected chi connectivity index (χ0v) is 14.5. The number of carboxylic acid groups (broad SMARTS) is 1. The smallest absolute Gasteiger partial charge is 0.326 e. The molecule has 1 heterocycles. The second-order valence-corrected chi connectivity index (χ2v) is 6.69. The molecule has 0 aromatic heterocycles. The van der Waals surface area contributed by atoms with E-state index in [4.69, 9.17) is 0 Å². The van der Waals surface area contributed by atoms with E-state index >= 15 is 0 Å². The molecule has 0 spiro atoms. The Bertz CT molecular complexity index is 669. The molecule has 1 aromatic rings. The highest BCUT2D eigenvalue weighted by Gasteiger charge is 2.37. The van der Waals surface area contributed by atoms with Crippen LogP contribution >= 0.6 is 0 Å². The fourth-order valence-electron chi connectivity index (χ4n) is 2.93. The summed E-state index contributed by atoms with van der Waals surface area (Å²) in [7, 11) is 0. The van der Waals surface area contributed by atoms with Crippen LogP contribution in [0, 0.1) is 25.7 Å². The molecule has 130 valence electrons. The van der Waals surface area contributed by atoms with Gasteiger partial charge < -0.3 is 15.3 Å². The zero-order chi connectivity index (χ0) is 18.0. The normalized spacial score (nSPS) is 18.8.